The number of hydrogen-bond acceptors (Lipinski definition) is 3. The van der Waals surface area contributed by atoms with E-state index in [1.807, 2.05) is 0 Å². The number of carbonyl (C=O) groups excluding carboxylic acids is 1. The molecular weight excluding hydrogens is 224 g/mol. The smallest absolute Gasteiger partial charge is 0.324 e. The van der Waals surface area contributed by atoms with Crippen LogP contribution < -0.4 is 0 Å². The van der Waals surface area contributed by atoms with E-state index >= 15 is 0 Å². The molecule has 0 aliphatic carbocycles. The fraction of sp³-hybridized carbons (Fsp3) is 0.333. The molecule has 0 fully saturated rings. The highest BCUT2D eigenvalue weighted by Gasteiger charge is 2.45. The van der Waals surface area contributed by atoms with Gasteiger partial charge < -0.3 is 5.11 Å². The third kappa shape index (κ3) is 1.45. The minimum Gasteiger partial charge on any atom is -0.480 e. The topological polar surface area (TPSA) is 54.4 Å². The predicted molar refractivity (Wildman–Crippen MR) is 62.8 cm³/mol. The summed E-state index contributed by atoms with van der Waals surface area (Å²) in [5, 5.41) is 9.01. The van der Waals surface area contributed by atoms with E-state index in [1.165, 1.54) is 11.8 Å². The lowest BCUT2D eigenvalue weighted by molar-refractivity contribution is -0.139. The van der Waals surface area contributed by atoms with Crippen LogP contribution in [0.3, 0.4) is 0 Å². The van der Waals surface area contributed by atoms with Crippen molar-refractivity contribution in [3.8, 4) is 0 Å². The summed E-state index contributed by atoms with van der Waals surface area (Å²) in [6.45, 7) is 3.41. The Balaban J connectivity index is 2.66. The number of aliphatic carboxylic acids is 1. The molecule has 3 nitrogen and oxygen atoms in total. The minimum atomic E-state index is -1.02. The lowest BCUT2D eigenvalue weighted by Crippen LogP contribution is -2.38. The first-order valence-electron chi connectivity index (χ1n) is 5.02. The molecule has 1 aliphatic rings. The first-order chi connectivity index (χ1) is 7.47. The molecule has 2 unspecified atom stereocenters. The number of ketones is 1. The van der Waals surface area contributed by atoms with Crippen molar-refractivity contribution in [2.45, 2.75) is 23.8 Å². The van der Waals surface area contributed by atoms with Gasteiger partial charge in [0.15, 0.2) is 5.78 Å². The highest BCUT2D eigenvalue weighted by Crippen LogP contribution is 2.45. The van der Waals surface area contributed by atoms with Gasteiger partial charge in [-0.25, -0.2) is 0 Å². The summed E-state index contributed by atoms with van der Waals surface area (Å²) in [6.07, 6.45) is 0. The molecule has 2 atom stereocenters. The predicted octanol–water partition coefficient (Wildman–Crippen LogP) is 2.30. The molecule has 16 heavy (non-hydrogen) atoms. The third-order valence-electron chi connectivity index (χ3n) is 2.90. The Hall–Kier alpha value is -1.29. The number of carboxylic acid groups (broad SMARTS) is 1. The van der Waals surface area contributed by atoms with Crippen LogP contribution in [0.25, 0.3) is 0 Å². The molecule has 0 amide bonds. The van der Waals surface area contributed by atoms with E-state index in [-0.39, 0.29) is 11.0 Å². The van der Waals surface area contributed by atoms with E-state index < -0.39 is 10.7 Å². The van der Waals surface area contributed by atoms with Crippen molar-refractivity contribution in [2.24, 2.45) is 0 Å². The van der Waals surface area contributed by atoms with E-state index in [2.05, 4.69) is 0 Å². The summed E-state index contributed by atoms with van der Waals surface area (Å²) in [7, 11) is 0. The van der Waals surface area contributed by atoms with E-state index in [4.69, 9.17) is 0 Å². The maximum Gasteiger partial charge on any atom is 0.324 e. The average molecular weight is 236 g/mol. The second-order valence-electron chi connectivity index (χ2n) is 4.01. The molecule has 1 N–H and O–H groups in total. The van der Waals surface area contributed by atoms with Crippen LogP contribution in [0.5, 0.6) is 0 Å². The zero-order chi connectivity index (χ0) is 11.9. The second kappa shape index (κ2) is 3.63. The summed E-state index contributed by atoms with van der Waals surface area (Å²) in [5.74, 6) is -0.886. The van der Waals surface area contributed by atoms with Gasteiger partial charge in [0, 0.05) is 5.56 Å². The number of fused-ring (bicyclic) bond motifs is 1. The van der Waals surface area contributed by atoms with Crippen molar-refractivity contribution < 1.29 is 14.7 Å². The largest absolute Gasteiger partial charge is 0.480 e. The van der Waals surface area contributed by atoms with Crippen LogP contribution in [-0.4, -0.2) is 22.1 Å². The van der Waals surface area contributed by atoms with Crippen molar-refractivity contribution in [1.82, 2.24) is 0 Å². The third-order valence-corrected chi connectivity index (χ3v) is 4.33. The first-order valence-corrected chi connectivity index (χ1v) is 5.89. The van der Waals surface area contributed by atoms with Crippen LogP contribution in [0.4, 0.5) is 0 Å². The van der Waals surface area contributed by atoms with Gasteiger partial charge in [-0.2, -0.15) is 0 Å². The second-order valence-corrected chi connectivity index (χ2v) is 5.77. The van der Waals surface area contributed by atoms with Crippen LogP contribution in [0, 0.1) is 0 Å². The maximum atomic E-state index is 11.9. The molecule has 1 aromatic carbocycles. The van der Waals surface area contributed by atoms with E-state index in [0.29, 0.717) is 11.1 Å². The van der Waals surface area contributed by atoms with Gasteiger partial charge in [0.2, 0.25) is 0 Å². The minimum absolute atomic E-state index is 0.0133. The molecule has 1 aliphatic heterocycles. The summed E-state index contributed by atoms with van der Waals surface area (Å²) in [6, 6.07) is 6.96. The van der Waals surface area contributed by atoms with Gasteiger partial charge in [0.05, 0.1) is 5.25 Å². The number of carbonyl (C=O) groups is 2. The number of benzene rings is 1. The molecular formula is C12H12O3S. The Kier molecular flexibility index (Phi) is 2.54. The average Bonchev–Trinajstić information content (AvgIpc) is 2.26. The SMILES string of the molecule is CC1SC(C)(C(=O)O)c2ccccc2C1=O. The Labute approximate surface area is 97.9 Å². The molecule has 0 bridgehead atoms. The standard InChI is InChI=1S/C12H12O3S/c1-7-10(13)8-5-3-4-6-9(8)12(2,16-7)11(14)15/h3-7H,1-2H3,(H,14,15). The summed E-state index contributed by atoms with van der Waals surface area (Å²) in [5.41, 5.74) is 1.15. The summed E-state index contributed by atoms with van der Waals surface area (Å²) < 4.78 is -1.02. The molecule has 4 heteroatoms. The fourth-order valence-electron chi connectivity index (χ4n) is 1.97. The number of Topliss-reactive ketones (excluding diaryl/α,β-unsaturated/α-hetero) is 1. The van der Waals surface area contributed by atoms with Crippen molar-refractivity contribution in [3.05, 3.63) is 35.4 Å². The van der Waals surface area contributed by atoms with Gasteiger partial charge in [-0.1, -0.05) is 24.3 Å². The number of carboxylic acids is 1. The number of hydrogen-bond donors (Lipinski definition) is 1. The Morgan fingerprint density at radius 2 is 2.06 bits per heavy atom. The molecule has 0 aromatic heterocycles. The first kappa shape index (κ1) is 11.2. The maximum absolute atomic E-state index is 11.9. The zero-order valence-corrected chi connectivity index (χ0v) is 9.88. The molecule has 84 valence electrons. The van der Waals surface area contributed by atoms with Crippen LogP contribution in [0.15, 0.2) is 24.3 Å². The van der Waals surface area contributed by atoms with Crippen LogP contribution in [0.1, 0.15) is 29.8 Å². The van der Waals surface area contributed by atoms with Crippen molar-refractivity contribution >= 4 is 23.5 Å². The Bertz CT molecular complexity index is 469. The monoisotopic (exact) mass is 236 g/mol. The highest BCUT2D eigenvalue weighted by molar-refractivity contribution is 8.02. The summed E-state index contributed by atoms with van der Waals surface area (Å²) >= 11 is 1.20. The van der Waals surface area contributed by atoms with Gasteiger partial charge in [0.25, 0.3) is 0 Å². The van der Waals surface area contributed by atoms with Crippen LogP contribution in [0.2, 0.25) is 0 Å². The van der Waals surface area contributed by atoms with Crippen LogP contribution >= 0.6 is 11.8 Å². The van der Waals surface area contributed by atoms with Crippen molar-refractivity contribution in [1.29, 1.82) is 0 Å². The van der Waals surface area contributed by atoms with Gasteiger partial charge >= 0.3 is 5.97 Å². The fourth-order valence-corrected chi connectivity index (χ4v) is 3.32. The lowest BCUT2D eigenvalue weighted by Gasteiger charge is -2.33. The number of thioether (sulfide) groups is 1. The molecule has 0 spiro atoms. The Morgan fingerprint density at radius 3 is 2.69 bits per heavy atom. The quantitative estimate of drug-likeness (QED) is 0.813. The van der Waals surface area contributed by atoms with Gasteiger partial charge in [-0.3, -0.25) is 9.59 Å². The van der Waals surface area contributed by atoms with E-state index in [1.54, 1.807) is 38.1 Å². The molecule has 0 saturated heterocycles. The molecule has 1 aromatic rings. The molecule has 1 heterocycles. The van der Waals surface area contributed by atoms with Crippen molar-refractivity contribution in [3.63, 3.8) is 0 Å². The number of rotatable bonds is 1. The molecule has 0 saturated carbocycles. The molecule has 0 radical (unpaired) electrons. The lowest BCUT2D eigenvalue weighted by atomic mass is 9.91. The Morgan fingerprint density at radius 1 is 1.44 bits per heavy atom. The normalized spacial score (nSPS) is 28.6. The zero-order valence-electron chi connectivity index (χ0n) is 9.06. The van der Waals surface area contributed by atoms with E-state index in [0.717, 1.165) is 0 Å². The molecule has 2 rings (SSSR count). The van der Waals surface area contributed by atoms with Crippen molar-refractivity contribution in [2.75, 3.05) is 0 Å². The van der Waals surface area contributed by atoms with Crippen LogP contribution in [-0.2, 0) is 9.54 Å². The van der Waals surface area contributed by atoms with Gasteiger partial charge in [-0.05, 0) is 19.4 Å². The van der Waals surface area contributed by atoms with Gasteiger partial charge in [0.1, 0.15) is 4.75 Å². The highest BCUT2D eigenvalue weighted by atomic mass is 32.2. The summed E-state index contributed by atoms with van der Waals surface area (Å²) in [4.78, 5) is 23.3. The van der Waals surface area contributed by atoms with E-state index in [9.17, 15) is 14.7 Å². The van der Waals surface area contributed by atoms with Gasteiger partial charge in [-0.15, -0.1) is 11.8 Å².